The van der Waals surface area contributed by atoms with E-state index in [0.717, 1.165) is 43.2 Å². The van der Waals surface area contributed by atoms with Crippen molar-refractivity contribution >= 4 is 5.91 Å². The summed E-state index contributed by atoms with van der Waals surface area (Å²) in [6, 6.07) is 8.08. The average Bonchev–Trinajstić information content (AvgIpc) is 2.77. The van der Waals surface area contributed by atoms with E-state index in [4.69, 9.17) is 5.73 Å². The maximum atomic E-state index is 11.9. The quantitative estimate of drug-likeness (QED) is 0.241. The van der Waals surface area contributed by atoms with E-state index in [1.54, 1.807) is 0 Å². The number of aliphatic hydroxyl groups is 1. The Labute approximate surface area is 185 Å². The number of carbonyl (C=O) groups is 1. The second-order valence-electron chi connectivity index (χ2n) is 8.67. The number of nitrogens with two attached hydrogens (primary N) is 1. The SMILES string of the molecule is CCCCC(O)CCCCCCCCCCCCC(=O)NCc1ccc(CN)cc1. The van der Waals surface area contributed by atoms with E-state index in [-0.39, 0.29) is 12.0 Å². The molecule has 0 aromatic heterocycles. The number of rotatable bonds is 19. The van der Waals surface area contributed by atoms with Gasteiger partial charge in [0.15, 0.2) is 0 Å². The number of aliphatic hydroxyl groups excluding tert-OH is 1. The Balaban J connectivity index is 1.85. The molecule has 0 aliphatic rings. The molecular weight excluding hydrogens is 372 g/mol. The first kappa shape index (κ1) is 26.6. The van der Waals surface area contributed by atoms with E-state index >= 15 is 0 Å². The standard InChI is InChI=1S/C26H46N2O2/c1-2-3-14-25(29)15-12-10-8-6-4-5-7-9-11-13-16-26(30)28-22-24-19-17-23(21-27)18-20-24/h17-20,25,29H,2-16,21-22,27H2,1H3,(H,28,30). The molecule has 1 unspecified atom stereocenters. The Morgan fingerprint density at radius 1 is 0.833 bits per heavy atom. The lowest BCUT2D eigenvalue weighted by molar-refractivity contribution is -0.121. The van der Waals surface area contributed by atoms with Crippen molar-refractivity contribution in [2.45, 2.75) is 122 Å². The molecule has 0 aliphatic heterocycles. The van der Waals surface area contributed by atoms with Crippen molar-refractivity contribution in [2.24, 2.45) is 5.73 Å². The maximum absolute atomic E-state index is 11.9. The third-order valence-electron chi connectivity index (χ3n) is 5.83. The number of unbranched alkanes of at least 4 members (excludes halogenated alkanes) is 10. The van der Waals surface area contributed by atoms with Crippen molar-refractivity contribution < 1.29 is 9.90 Å². The lowest BCUT2D eigenvalue weighted by Crippen LogP contribution is -2.22. The summed E-state index contributed by atoms with van der Waals surface area (Å²) in [5.41, 5.74) is 7.83. The molecule has 0 heterocycles. The van der Waals surface area contributed by atoms with Crippen molar-refractivity contribution in [2.75, 3.05) is 0 Å². The van der Waals surface area contributed by atoms with E-state index < -0.39 is 0 Å². The summed E-state index contributed by atoms with van der Waals surface area (Å²) in [5.74, 6) is 0.151. The van der Waals surface area contributed by atoms with Crippen molar-refractivity contribution in [1.29, 1.82) is 0 Å². The zero-order chi connectivity index (χ0) is 21.9. The first-order valence-electron chi connectivity index (χ1n) is 12.4. The van der Waals surface area contributed by atoms with Crippen LogP contribution in [0, 0.1) is 0 Å². The van der Waals surface area contributed by atoms with Crippen LogP contribution in [0.2, 0.25) is 0 Å². The smallest absolute Gasteiger partial charge is 0.220 e. The Hall–Kier alpha value is -1.39. The van der Waals surface area contributed by atoms with Crippen LogP contribution < -0.4 is 11.1 Å². The van der Waals surface area contributed by atoms with Crippen molar-refractivity contribution in [3.8, 4) is 0 Å². The third-order valence-corrected chi connectivity index (χ3v) is 5.83. The topological polar surface area (TPSA) is 75.3 Å². The molecule has 1 aromatic rings. The van der Waals surface area contributed by atoms with Gasteiger partial charge in [-0.3, -0.25) is 4.79 Å². The highest BCUT2D eigenvalue weighted by atomic mass is 16.3. The van der Waals surface area contributed by atoms with Crippen molar-refractivity contribution in [3.05, 3.63) is 35.4 Å². The molecule has 172 valence electrons. The number of amides is 1. The minimum Gasteiger partial charge on any atom is -0.393 e. The van der Waals surface area contributed by atoms with Gasteiger partial charge in [0.1, 0.15) is 0 Å². The number of nitrogens with one attached hydrogen (secondary N) is 1. The molecule has 0 fully saturated rings. The predicted octanol–water partition coefficient (Wildman–Crippen LogP) is 5.99. The summed E-state index contributed by atoms with van der Waals surface area (Å²) in [4.78, 5) is 11.9. The van der Waals surface area contributed by atoms with Crippen LogP contribution in [0.1, 0.15) is 114 Å². The number of hydrogen-bond donors (Lipinski definition) is 3. The molecule has 0 saturated heterocycles. The molecule has 30 heavy (non-hydrogen) atoms. The van der Waals surface area contributed by atoms with Gasteiger partial charge in [0.05, 0.1) is 6.10 Å². The van der Waals surface area contributed by atoms with Crippen molar-refractivity contribution in [3.63, 3.8) is 0 Å². The molecule has 1 amide bonds. The summed E-state index contributed by atoms with van der Waals surface area (Å²) < 4.78 is 0. The Morgan fingerprint density at radius 2 is 1.33 bits per heavy atom. The minimum atomic E-state index is -0.0742. The molecule has 0 spiro atoms. The van der Waals surface area contributed by atoms with Crippen LogP contribution in [-0.2, 0) is 17.9 Å². The second kappa shape index (κ2) is 18.4. The van der Waals surface area contributed by atoms with Crippen LogP contribution >= 0.6 is 0 Å². The molecule has 0 aliphatic carbocycles. The van der Waals surface area contributed by atoms with Crippen LogP contribution in [0.3, 0.4) is 0 Å². The fourth-order valence-electron chi connectivity index (χ4n) is 3.75. The minimum absolute atomic E-state index is 0.0742. The summed E-state index contributed by atoms with van der Waals surface area (Å²) in [6.07, 6.45) is 17.2. The lowest BCUT2D eigenvalue weighted by atomic mass is 10.0. The van der Waals surface area contributed by atoms with Crippen molar-refractivity contribution in [1.82, 2.24) is 5.32 Å². The van der Waals surface area contributed by atoms with E-state index in [0.29, 0.717) is 19.5 Å². The van der Waals surface area contributed by atoms with Gasteiger partial charge >= 0.3 is 0 Å². The van der Waals surface area contributed by atoms with Gasteiger partial charge in [0, 0.05) is 19.5 Å². The Kier molecular flexibility index (Phi) is 16.3. The Bertz CT molecular complexity index is 530. The van der Waals surface area contributed by atoms with Crippen LogP contribution in [0.4, 0.5) is 0 Å². The molecule has 1 atom stereocenters. The molecule has 4 nitrogen and oxygen atoms in total. The van der Waals surface area contributed by atoms with E-state index in [1.807, 2.05) is 24.3 Å². The predicted molar refractivity (Wildman–Crippen MR) is 127 cm³/mol. The molecule has 0 saturated carbocycles. The highest BCUT2D eigenvalue weighted by molar-refractivity contribution is 5.75. The van der Waals surface area contributed by atoms with Gasteiger partial charge in [-0.15, -0.1) is 0 Å². The van der Waals surface area contributed by atoms with E-state index in [2.05, 4.69) is 12.2 Å². The summed E-state index contributed by atoms with van der Waals surface area (Å²) >= 11 is 0. The van der Waals surface area contributed by atoms with Gasteiger partial charge in [-0.05, 0) is 30.4 Å². The molecule has 4 heteroatoms. The molecule has 1 rings (SSSR count). The summed E-state index contributed by atoms with van der Waals surface area (Å²) in [7, 11) is 0. The van der Waals surface area contributed by atoms with Gasteiger partial charge in [-0.25, -0.2) is 0 Å². The van der Waals surface area contributed by atoms with Crippen LogP contribution in [-0.4, -0.2) is 17.1 Å². The normalized spacial score (nSPS) is 12.1. The van der Waals surface area contributed by atoms with Gasteiger partial charge in [0.2, 0.25) is 5.91 Å². The highest BCUT2D eigenvalue weighted by Crippen LogP contribution is 2.14. The lowest BCUT2D eigenvalue weighted by Gasteiger charge is -2.09. The van der Waals surface area contributed by atoms with Gasteiger partial charge in [-0.2, -0.15) is 0 Å². The zero-order valence-corrected chi connectivity index (χ0v) is 19.3. The van der Waals surface area contributed by atoms with Crippen LogP contribution in [0.5, 0.6) is 0 Å². The second-order valence-corrected chi connectivity index (χ2v) is 8.67. The van der Waals surface area contributed by atoms with E-state index in [1.165, 1.54) is 57.8 Å². The van der Waals surface area contributed by atoms with Gasteiger partial charge in [-0.1, -0.05) is 102 Å². The van der Waals surface area contributed by atoms with Crippen LogP contribution in [0.25, 0.3) is 0 Å². The number of hydrogen-bond acceptors (Lipinski definition) is 3. The first-order chi connectivity index (χ1) is 14.7. The fraction of sp³-hybridized carbons (Fsp3) is 0.731. The summed E-state index contributed by atoms with van der Waals surface area (Å²) in [6.45, 7) is 3.33. The average molecular weight is 419 g/mol. The highest BCUT2D eigenvalue weighted by Gasteiger charge is 2.03. The zero-order valence-electron chi connectivity index (χ0n) is 19.3. The fourth-order valence-corrected chi connectivity index (χ4v) is 3.75. The maximum Gasteiger partial charge on any atom is 0.220 e. The van der Waals surface area contributed by atoms with Crippen LogP contribution in [0.15, 0.2) is 24.3 Å². The number of carbonyl (C=O) groups excluding carboxylic acids is 1. The van der Waals surface area contributed by atoms with Gasteiger partial charge < -0.3 is 16.2 Å². The molecule has 0 bridgehead atoms. The number of benzene rings is 1. The molecule has 0 radical (unpaired) electrons. The Morgan fingerprint density at radius 3 is 1.90 bits per heavy atom. The van der Waals surface area contributed by atoms with E-state index in [9.17, 15) is 9.90 Å². The first-order valence-corrected chi connectivity index (χ1v) is 12.4. The monoisotopic (exact) mass is 418 g/mol. The molecule has 4 N–H and O–H groups in total. The van der Waals surface area contributed by atoms with Gasteiger partial charge in [0.25, 0.3) is 0 Å². The third kappa shape index (κ3) is 14.6. The molecular formula is C26H46N2O2. The largest absolute Gasteiger partial charge is 0.393 e. The molecule has 1 aromatic carbocycles. The summed E-state index contributed by atoms with van der Waals surface area (Å²) in [5, 5.41) is 12.8.